The maximum Gasteiger partial charge on any atom is 0.279 e. The Balaban J connectivity index is 1.86. The van der Waals surface area contributed by atoms with Crippen molar-refractivity contribution in [2.45, 2.75) is 13.8 Å². The van der Waals surface area contributed by atoms with Crippen molar-refractivity contribution in [3.8, 4) is 5.75 Å². The number of anilines is 2. The van der Waals surface area contributed by atoms with Crippen molar-refractivity contribution in [3.05, 3.63) is 53.1 Å². The van der Waals surface area contributed by atoms with Crippen LogP contribution in [-0.4, -0.2) is 38.6 Å². The van der Waals surface area contributed by atoms with Gasteiger partial charge in [-0.25, -0.2) is 0 Å². The van der Waals surface area contributed by atoms with E-state index in [0.717, 1.165) is 16.2 Å². The van der Waals surface area contributed by atoms with Gasteiger partial charge in [-0.2, -0.15) is 0 Å². The zero-order valence-corrected chi connectivity index (χ0v) is 16.5. The van der Waals surface area contributed by atoms with Crippen LogP contribution in [0.25, 0.3) is 0 Å². The maximum absolute atomic E-state index is 12.3. The van der Waals surface area contributed by atoms with Crippen LogP contribution in [0.3, 0.4) is 0 Å². The quantitative estimate of drug-likeness (QED) is 0.646. The van der Waals surface area contributed by atoms with E-state index in [0.29, 0.717) is 22.9 Å². The Morgan fingerprint density at radius 2 is 1.56 bits per heavy atom. The fourth-order valence-electron chi connectivity index (χ4n) is 2.52. The van der Waals surface area contributed by atoms with E-state index in [1.54, 1.807) is 43.5 Å². The number of amides is 2. The number of carbonyl (C=O) groups excluding carboxylic acids is 2. The normalized spacial score (nSPS) is 11.6. The molecule has 0 radical (unpaired) electrons. The highest BCUT2D eigenvalue weighted by Crippen LogP contribution is 2.19. The van der Waals surface area contributed by atoms with Gasteiger partial charge in [0, 0.05) is 16.4 Å². The average Bonchev–Trinajstić information content (AvgIpc) is 2.64. The second-order valence-electron chi connectivity index (χ2n) is 6.25. The Hall–Kier alpha value is -2.57. The lowest BCUT2D eigenvalue weighted by atomic mass is 10.2. The van der Waals surface area contributed by atoms with Crippen LogP contribution in [0, 0.1) is 6.92 Å². The molecule has 3 N–H and O–H groups in total. The summed E-state index contributed by atoms with van der Waals surface area (Å²) in [6, 6.07) is 12.5. The predicted octanol–water partition coefficient (Wildman–Crippen LogP) is 2.14. The number of hydrogen-bond donors (Lipinski definition) is 3. The third kappa shape index (κ3) is 6.58. The highest BCUT2D eigenvalue weighted by Gasteiger charge is 2.17. The molecule has 1 atom stereocenters. The molecule has 6 nitrogen and oxygen atoms in total. The second kappa shape index (κ2) is 9.94. The zero-order valence-electron chi connectivity index (χ0n) is 15.8. The van der Waals surface area contributed by atoms with Gasteiger partial charge in [-0.05, 0) is 55.8 Å². The Morgan fingerprint density at radius 1 is 1.00 bits per heavy atom. The minimum absolute atomic E-state index is 0.150. The third-order valence-corrected chi connectivity index (χ3v) is 4.56. The first-order valence-corrected chi connectivity index (χ1v) is 9.12. The molecule has 144 valence electrons. The fraction of sp³-hybridized carbons (Fsp3) is 0.300. The third-order valence-electron chi connectivity index (χ3n) is 4.15. The van der Waals surface area contributed by atoms with Crippen molar-refractivity contribution in [2.75, 3.05) is 37.4 Å². The first kappa shape index (κ1) is 20.7. The summed E-state index contributed by atoms with van der Waals surface area (Å²) in [6.45, 7) is 4.88. The predicted molar refractivity (Wildman–Crippen MR) is 108 cm³/mol. The molecular formula is C20H25ClN3O3+. The number of hydrogen-bond acceptors (Lipinski definition) is 3. The fourth-order valence-corrected chi connectivity index (χ4v) is 2.70. The highest BCUT2D eigenvalue weighted by molar-refractivity contribution is 6.31. The van der Waals surface area contributed by atoms with E-state index >= 15 is 0 Å². The molecule has 1 unspecified atom stereocenters. The SMILES string of the molecule is CC[NH+](CC(=O)Nc1ccc(OC)cc1)CC(=O)Nc1ccc(C)c(Cl)c1. The van der Waals surface area contributed by atoms with Gasteiger partial charge in [0.1, 0.15) is 5.75 Å². The van der Waals surface area contributed by atoms with Gasteiger partial charge in [0.15, 0.2) is 13.1 Å². The number of methoxy groups -OCH3 is 1. The van der Waals surface area contributed by atoms with Gasteiger partial charge in [0.2, 0.25) is 0 Å². The molecule has 2 aromatic rings. The Kier molecular flexibility index (Phi) is 7.64. The second-order valence-corrected chi connectivity index (χ2v) is 6.65. The summed E-state index contributed by atoms with van der Waals surface area (Å²) in [5.74, 6) is 0.411. The molecule has 0 saturated heterocycles. The largest absolute Gasteiger partial charge is 0.497 e. The van der Waals surface area contributed by atoms with Gasteiger partial charge in [0.25, 0.3) is 11.8 Å². The van der Waals surface area contributed by atoms with Crippen molar-refractivity contribution < 1.29 is 19.2 Å². The highest BCUT2D eigenvalue weighted by atomic mass is 35.5. The Morgan fingerprint density at radius 3 is 2.07 bits per heavy atom. The van der Waals surface area contributed by atoms with Crippen molar-refractivity contribution >= 4 is 34.8 Å². The summed E-state index contributed by atoms with van der Waals surface area (Å²) in [5.41, 5.74) is 2.29. The molecule has 27 heavy (non-hydrogen) atoms. The molecule has 0 fully saturated rings. The molecule has 0 bridgehead atoms. The summed E-state index contributed by atoms with van der Waals surface area (Å²) >= 11 is 6.08. The molecule has 0 aliphatic rings. The van der Waals surface area contributed by atoms with Crippen LogP contribution in [0.4, 0.5) is 11.4 Å². The zero-order chi connectivity index (χ0) is 19.8. The van der Waals surface area contributed by atoms with Crippen LogP contribution in [-0.2, 0) is 9.59 Å². The first-order valence-electron chi connectivity index (χ1n) is 8.74. The van der Waals surface area contributed by atoms with Crippen LogP contribution >= 0.6 is 11.6 Å². The van der Waals surface area contributed by atoms with E-state index in [4.69, 9.17) is 16.3 Å². The van der Waals surface area contributed by atoms with E-state index in [1.807, 2.05) is 19.9 Å². The number of carbonyl (C=O) groups is 2. The Labute approximate surface area is 164 Å². The van der Waals surface area contributed by atoms with Crippen molar-refractivity contribution in [3.63, 3.8) is 0 Å². The maximum atomic E-state index is 12.3. The lowest BCUT2D eigenvalue weighted by Gasteiger charge is -2.17. The summed E-state index contributed by atoms with van der Waals surface area (Å²) < 4.78 is 5.09. The van der Waals surface area contributed by atoms with E-state index in [9.17, 15) is 9.59 Å². The van der Waals surface area contributed by atoms with E-state index in [1.165, 1.54) is 0 Å². The molecule has 2 rings (SSSR count). The van der Waals surface area contributed by atoms with Crippen LogP contribution in [0.5, 0.6) is 5.75 Å². The molecule has 2 amide bonds. The van der Waals surface area contributed by atoms with Crippen LogP contribution in [0.2, 0.25) is 5.02 Å². The molecule has 0 spiro atoms. The van der Waals surface area contributed by atoms with Crippen LogP contribution in [0.1, 0.15) is 12.5 Å². The molecule has 0 saturated carbocycles. The molecular weight excluding hydrogens is 366 g/mol. The van der Waals surface area contributed by atoms with Crippen molar-refractivity contribution in [1.29, 1.82) is 0 Å². The molecule has 0 aliphatic carbocycles. The number of likely N-dealkylation sites (N-methyl/N-ethyl adjacent to an activating group) is 1. The van der Waals surface area contributed by atoms with Gasteiger partial charge < -0.3 is 20.3 Å². The number of benzene rings is 2. The van der Waals surface area contributed by atoms with Crippen LogP contribution in [0.15, 0.2) is 42.5 Å². The summed E-state index contributed by atoms with van der Waals surface area (Å²) in [6.07, 6.45) is 0. The van der Waals surface area contributed by atoms with Gasteiger partial charge >= 0.3 is 0 Å². The van der Waals surface area contributed by atoms with E-state index < -0.39 is 0 Å². The number of aryl methyl sites for hydroxylation is 1. The van der Waals surface area contributed by atoms with E-state index in [-0.39, 0.29) is 24.9 Å². The van der Waals surface area contributed by atoms with Crippen molar-refractivity contribution in [2.24, 2.45) is 0 Å². The topological polar surface area (TPSA) is 71.9 Å². The number of halogens is 1. The van der Waals surface area contributed by atoms with Crippen LogP contribution < -0.4 is 20.3 Å². The average molecular weight is 391 g/mol. The molecule has 0 aromatic heterocycles. The minimum Gasteiger partial charge on any atom is -0.497 e. The van der Waals surface area contributed by atoms with Gasteiger partial charge in [-0.15, -0.1) is 0 Å². The Bertz CT molecular complexity index is 794. The smallest absolute Gasteiger partial charge is 0.279 e. The van der Waals surface area contributed by atoms with Gasteiger partial charge in [0.05, 0.1) is 13.7 Å². The summed E-state index contributed by atoms with van der Waals surface area (Å²) in [5, 5.41) is 6.25. The number of quaternary nitrogens is 1. The molecule has 0 heterocycles. The molecule has 2 aromatic carbocycles. The van der Waals surface area contributed by atoms with Gasteiger partial charge in [-0.1, -0.05) is 17.7 Å². The van der Waals surface area contributed by atoms with Crippen molar-refractivity contribution in [1.82, 2.24) is 0 Å². The monoisotopic (exact) mass is 390 g/mol. The first-order chi connectivity index (χ1) is 12.9. The number of rotatable bonds is 8. The minimum atomic E-state index is -0.163. The number of ether oxygens (including phenoxy) is 1. The lowest BCUT2D eigenvalue weighted by molar-refractivity contribution is -0.881. The van der Waals surface area contributed by atoms with Gasteiger partial charge in [-0.3, -0.25) is 9.59 Å². The molecule has 7 heteroatoms. The number of nitrogens with one attached hydrogen (secondary N) is 3. The van der Waals surface area contributed by atoms with E-state index in [2.05, 4.69) is 10.6 Å². The summed E-state index contributed by atoms with van der Waals surface area (Å²) in [4.78, 5) is 25.4. The molecule has 0 aliphatic heterocycles. The lowest BCUT2D eigenvalue weighted by Crippen LogP contribution is -3.13. The summed E-state index contributed by atoms with van der Waals surface area (Å²) in [7, 11) is 1.59. The standard InChI is InChI=1S/C20H24ClN3O3/c1-4-24(12-19(25)22-15-7-9-17(27-3)10-8-15)13-20(26)23-16-6-5-14(2)18(21)11-16/h5-11H,4,12-13H2,1-3H3,(H,22,25)(H,23,26)/p+1.